The second kappa shape index (κ2) is 8.39. The van der Waals surface area contributed by atoms with Crippen molar-refractivity contribution in [3.63, 3.8) is 0 Å². The number of ether oxygens (including phenoxy) is 1. The van der Waals surface area contributed by atoms with E-state index in [9.17, 15) is 5.11 Å². The van der Waals surface area contributed by atoms with Crippen molar-refractivity contribution >= 4 is 0 Å². The van der Waals surface area contributed by atoms with Crippen molar-refractivity contribution in [2.24, 2.45) is 0 Å². The van der Waals surface area contributed by atoms with Gasteiger partial charge >= 0.3 is 0 Å². The number of methoxy groups -OCH3 is 1. The zero-order chi connectivity index (χ0) is 20.3. The van der Waals surface area contributed by atoms with Crippen LogP contribution in [-0.4, -0.2) is 41.0 Å². The van der Waals surface area contributed by atoms with Gasteiger partial charge in [-0.1, -0.05) is 47.6 Å². The number of aromatic nitrogens is 1. The van der Waals surface area contributed by atoms with E-state index in [4.69, 9.17) is 9.26 Å². The highest BCUT2D eigenvalue weighted by Crippen LogP contribution is 2.29. The van der Waals surface area contributed by atoms with Crippen LogP contribution in [0.15, 0.2) is 59.1 Å². The second-order valence-electron chi connectivity index (χ2n) is 8.03. The molecular weight excluding hydrogens is 364 g/mol. The van der Waals surface area contributed by atoms with Crippen molar-refractivity contribution in [2.75, 3.05) is 20.2 Å². The van der Waals surface area contributed by atoms with Gasteiger partial charge in [-0.3, -0.25) is 4.90 Å². The van der Waals surface area contributed by atoms with E-state index in [0.29, 0.717) is 6.42 Å². The molecule has 1 aliphatic rings. The van der Waals surface area contributed by atoms with E-state index in [1.54, 1.807) is 7.11 Å². The molecule has 29 heavy (non-hydrogen) atoms. The number of aryl methyl sites for hydroxylation is 1. The van der Waals surface area contributed by atoms with Crippen LogP contribution in [0.2, 0.25) is 0 Å². The molecule has 0 atom stereocenters. The number of benzene rings is 2. The van der Waals surface area contributed by atoms with Gasteiger partial charge in [0.1, 0.15) is 17.2 Å². The van der Waals surface area contributed by atoms with E-state index in [-0.39, 0.29) is 0 Å². The maximum Gasteiger partial charge on any atom is 0.140 e. The molecule has 2 aromatic carbocycles. The Morgan fingerprint density at radius 3 is 2.55 bits per heavy atom. The molecule has 1 fully saturated rings. The summed E-state index contributed by atoms with van der Waals surface area (Å²) in [6.45, 7) is 4.68. The molecule has 0 spiro atoms. The molecule has 0 unspecified atom stereocenters. The lowest BCUT2D eigenvalue weighted by Crippen LogP contribution is -2.45. The molecule has 0 amide bonds. The Labute approximate surface area is 171 Å². The maximum absolute atomic E-state index is 11.1. The third-order valence-corrected chi connectivity index (χ3v) is 5.78. The number of piperidine rings is 1. The molecule has 1 saturated heterocycles. The van der Waals surface area contributed by atoms with Crippen molar-refractivity contribution < 1.29 is 14.4 Å². The van der Waals surface area contributed by atoms with E-state index in [0.717, 1.165) is 60.8 Å². The summed E-state index contributed by atoms with van der Waals surface area (Å²) in [6, 6.07) is 18.2. The smallest absolute Gasteiger partial charge is 0.140 e. The number of hydrogen-bond donors (Lipinski definition) is 1. The molecule has 4 rings (SSSR count). The molecule has 0 radical (unpaired) electrons. The van der Waals surface area contributed by atoms with Crippen LogP contribution < -0.4 is 4.74 Å². The molecule has 152 valence electrons. The van der Waals surface area contributed by atoms with Gasteiger partial charge in [-0.15, -0.1) is 0 Å². The molecule has 0 aliphatic carbocycles. The van der Waals surface area contributed by atoms with Crippen molar-refractivity contribution in [1.29, 1.82) is 0 Å². The average molecular weight is 392 g/mol. The molecule has 5 nitrogen and oxygen atoms in total. The topological polar surface area (TPSA) is 58.7 Å². The Hall–Kier alpha value is -2.63. The summed E-state index contributed by atoms with van der Waals surface area (Å²) >= 11 is 0. The van der Waals surface area contributed by atoms with Gasteiger partial charge in [0.05, 0.1) is 12.7 Å². The summed E-state index contributed by atoms with van der Waals surface area (Å²) in [7, 11) is 1.70. The molecular formula is C24H28N2O3. The lowest BCUT2D eigenvalue weighted by Gasteiger charge is -2.37. The van der Waals surface area contributed by atoms with Crippen molar-refractivity contribution in [2.45, 2.75) is 38.3 Å². The minimum Gasteiger partial charge on any atom is -0.496 e. The first-order valence-electron chi connectivity index (χ1n) is 10.1. The van der Waals surface area contributed by atoms with Crippen LogP contribution in [0.1, 0.15) is 29.7 Å². The number of nitrogens with zero attached hydrogens (tertiary/aromatic N) is 2. The number of aliphatic hydroxyl groups is 1. The Balaban J connectivity index is 1.34. The second-order valence-corrected chi connectivity index (χ2v) is 8.03. The van der Waals surface area contributed by atoms with Crippen molar-refractivity contribution in [3.8, 4) is 17.0 Å². The normalized spacial score (nSPS) is 16.7. The van der Waals surface area contributed by atoms with E-state index < -0.39 is 5.60 Å². The predicted molar refractivity (Wildman–Crippen MR) is 113 cm³/mol. The Bertz CT molecular complexity index is 944. The van der Waals surface area contributed by atoms with E-state index >= 15 is 0 Å². The molecule has 1 N–H and O–H groups in total. The third-order valence-electron chi connectivity index (χ3n) is 5.78. The monoisotopic (exact) mass is 392 g/mol. The summed E-state index contributed by atoms with van der Waals surface area (Å²) in [5, 5.41) is 15.2. The predicted octanol–water partition coefficient (Wildman–Crippen LogP) is 4.23. The first-order chi connectivity index (χ1) is 14.0. The summed E-state index contributed by atoms with van der Waals surface area (Å²) in [6.07, 6.45) is 1.95. The molecule has 1 aliphatic heterocycles. The first kappa shape index (κ1) is 19.7. The van der Waals surface area contributed by atoms with Gasteiger partial charge in [-0.05, 0) is 37.0 Å². The van der Waals surface area contributed by atoms with Crippen LogP contribution in [0, 0.1) is 6.92 Å². The van der Waals surface area contributed by atoms with Gasteiger partial charge in [-0.25, -0.2) is 0 Å². The Kier molecular flexibility index (Phi) is 5.69. The SMILES string of the molecule is COc1ccc(CN2CCC(O)(Cc3cc(-c4ccccc4)no3)CC2)cc1C. The first-order valence-corrected chi connectivity index (χ1v) is 10.1. The van der Waals surface area contributed by atoms with Crippen LogP contribution in [0.3, 0.4) is 0 Å². The summed E-state index contributed by atoms with van der Waals surface area (Å²) in [5.74, 6) is 1.66. The maximum atomic E-state index is 11.1. The standard InChI is InChI=1S/C24H28N2O3/c1-18-14-19(8-9-23(18)28-2)17-26-12-10-24(27,11-13-26)16-21-15-22(25-29-21)20-6-4-3-5-7-20/h3-9,14-15,27H,10-13,16-17H2,1-2H3. The van der Waals surface area contributed by atoms with Gasteiger partial charge in [0.2, 0.25) is 0 Å². The summed E-state index contributed by atoms with van der Waals surface area (Å²) in [5.41, 5.74) is 3.53. The van der Waals surface area contributed by atoms with Gasteiger partial charge in [0.25, 0.3) is 0 Å². The molecule has 2 heterocycles. The van der Waals surface area contributed by atoms with E-state index in [1.807, 2.05) is 42.5 Å². The van der Waals surface area contributed by atoms with Crippen LogP contribution in [0.25, 0.3) is 11.3 Å². The molecule has 3 aromatic rings. The van der Waals surface area contributed by atoms with Crippen LogP contribution >= 0.6 is 0 Å². The quantitative estimate of drug-likeness (QED) is 0.680. The van der Waals surface area contributed by atoms with Crippen LogP contribution in [-0.2, 0) is 13.0 Å². The molecule has 1 aromatic heterocycles. The lowest BCUT2D eigenvalue weighted by molar-refractivity contribution is -0.0265. The minimum absolute atomic E-state index is 0.502. The van der Waals surface area contributed by atoms with E-state index in [2.05, 4.69) is 29.1 Å². The fourth-order valence-corrected chi connectivity index (χ4v) is 4.07. The minimum atomic E-state index is -0.736. The van der Waals surface area contributed by atoms with Gasteiger partial charge in [0.15, 0.2) is 0 Å². The Morgan fingerprint density at radius 1 is 1.10 bits per heavy atom. The number of hydrogen-bond acceptors (Lipinski definition) is 5. The third kappa shape index (κ3) is 4.69. The fraction of sp³-hybridized carbons (Fsp3) is 0.375. The molecule has 0 saturated carbocycles. The van der Waals surface area contributed by atoms with E-state index in [1.165, 1.54) is 5.56 Å². The highest BCUT2D eigenvalue weighted by Gasteiger charge is 2.33. The van der Waals surface area contributed by atoms with Gasteiger partial charge in [-0.2, -0.15) is 0 Å². The van der Waals surface area contributed by atoms with Gasteiger partial charge < -0.3 is 14.4 Å². The van der Waals surface area contributed by atoms with Crippen LogP contribution in [0.5, 0.6) is 5.75 Å². The molecule has 0 bridgehead atoms. The number of rotatable bonds is 6. The fourth-order valence-electron chi connectivity index (χ4n) is 4.07. The van der Waals surface area contributed by atoms with Crippen molar-refractivity contribution in [1.82, 2.24) is 10.1 Å². The molecule has 5 heteroatoms. The summed E-state index contributed by atoms with van der Waals surface area (Å²) in [4.78, 5) is 2.39. The zero-order valence-corrected chi connectivity index (χ0v) is 17.1. The average Bonchev–Trinajstić information content (AvgIpc) is 3.19. The lowest BCUT2D eigenvalue weighted by atomic mass is 9.87. The summed E-state index contributed by atoms with van der Waals surface area (Å²) < 4.78 is 10.9. The largest absolute Gasteiger partial charge is 0.496 e. The van der Waals surface area contributed by atoms with Gasteiger partial charge in [0, 0.05) is 37.7 Å². The van der Waals surface area contributed by atoms with Crippen molar-refractivity contribution in [3.05, 3.63) is 71.5 Å². The number of likely N-dealkylation sites (tertiary alicyclic amines) is 1. The highest BCUT2D eigenvalue weighted by molar-refractivity contribution is 5.58. The highest BCUT2D eigenvalue weighted by atomic mass is 16.5. The Morgan fingerprint density at radius 2 is 1.86 bits per heavy atom. The zero-order valence-electron chi connectivity index (χ0n) is 17.1. The van der Waals surface area contributed by atoms with Crippen LogP contribution in [0.4, 0.5) is 0 Å².